The number of hydrogen-bond acceptors (Lipinski definition) is 7. The van der Waals surface area contributed by atoms with Crippen molar-refractivity contribution in [1.29, 1.82) is 0 Å². The van der Waals surface area contributed by atoms with Crippen LogP contribution in [0.5, 0.6) is 11.5 Å². The van der Waals surface area contributed by atoms with E-state index in [0.29, 0.717) is 23.7 Å². The zero-order valence-electron chi connectivity index (χ0n) is 20.0. The third-order valence-corrected chi connectivity index (χ3v) is 5.86. The van der Waals surface area contributed by atoms with Crippen LogP contribution in [0.4, 0.5) is 5.82 Å². The number of ether oxygens (including phenoxy) is 2. The Bertz CT molecular complexity index is 1400. The van der Waals surface area contributed by atoms with Crippen LogP contribution in [0.3, 0.4) is 0 Å². The van der Waals surface area contributed by atoms with Crippen LogP contribution in [-0.4, -0.2) is 44.1 Å². The van der Waals surface area contributed by atoms with E-state index in [2.05, 4.69) is 20.5 Å². The molecular weight excluding hydrogens is 444 g/mol. The molecule has 1 atom stereocenters. The molecule has 1 aliphatic heterocycles. The van der Waals surface area contributed by atoms with Gasteiger partial charge in [-0.2, -0.15) is 14.9 Å². The van der Waals surface area contributed by atoms with Crippen LogP contribution in [-0.2, 0) is 4.79 Å². The highest BCUT2D eigenvalue weighted by Gasteiger charge is 2.34. The van der Waals surface area contributed by atoms with Crippen molar-refractivity contribution in [3.05, 3.63) is 71.5 Å². The van der Waals surface area contributed by atoms with E-state index >= 15 is 0 Å². The summed E-state index contributed by atoms with van der Waals surface area (Å²) in [5, 5.41) is 16.0. The number of amides is 1. The van der Waals surface area contributed by atoms with E-state index < -0.39 is 0 Å². The molecule has 0 radical (unpaired) electrons. The van der Waals surface area contributed by atoms with E-state index in [4.69, 9.17) is 14.6 Å². The van der Waals surface area contributed by atoms with E-state index in [9.17, 15) is 4.79 Å². The number of nitrogens with one attached hydrogen (secondary N) is 1. The van der Waals surface area contributed by atoms with Crippen LogP contribution in [0.15, 0.2) is 54.7 Å². The zero-order valence-corrected chi connectivity index (χ0v) is 20.0. The number of carbonyl (C=O) groups is 1. The largest absolute Gasteiger partial charge is 0.497 e. The lowest BCUT2D eigenvalue weighted by molar-refractivity contribution is -0.116. The van der Waals surface area contributed by atoms with Gasteiger partial charge in [0.25, 0.3) is 5.95 Å². The second kappa shape index (κ2) is 9.17. The third-order valence-electron chi connectivity index (χ3n) is 5.86. The molecule has 0 saturated carbocycles. The summed E-state index contributed by atoms with van der Waals surface area (Å²) >= 11 is 0. The van der Waals surface area contributed by atoms with Crippen LogP contribution in [0.1, 0.15) is 43.0 Å². The molecule has 4 aromatic rings. The van der Waals surface area contributed by atoms with Crippen LogP contribution in [0.2, 0.25) is 0 Å². The van der Waals surface area contributed by atoms with Crippen molar-refractivity contribution >= 4 is 11.7 Å². The van der Waals surface area contributed by atoms with E-state index in [1.54, 1.807) is 18.0 Å². The minimum absolute atomic E-state index is 0.00989. The van der Waals surface area contributed by atoms with Crippen molar-refractivity contribution in [3.63, 3.8) is 0 Å². The lowest BCUT2D eigenvalue weighted by Gasteiger charge is -2.26. The lowest BCUT2D eigenvalue weighted by Crippen LogP contribution is -2.25. The summed E-state index contributed by atoms with van der Waals surface area (Å²) in [6.45, 7) is 5.89. The fourth-order valence-electron chi connectivity index (χ4n) is 4.39. The SMILES string of the molecule is COc1cccc(-c2cnnc(-n3nc(C)c4c3NC(=O)C[C@@H]4c3ccccc3OC(C)C)n2)c1. The Labute approximate surface area is 203 Å². The number of fused-ring (bicyclic) bond motifs is 1. The fourth-order valence-corrected chi connectivity index (χ4v) is 4.39. The Hall–Kier alpha value is -4.27. The van der Waals surface area contributed by atoms with E-state index in [0.717, 1.165) is 28.1 Å². The summed E-state index contributed by atoms with van der Waals surface area (Å²) in [4.78, 5) is 17.5. The van der Waals surface area contributed by atoms with Crippen molar-refractivity contribution in [3.8, 4) is 28.7 Å². The predicted octanol–water partition coefficient (Wildman–Crippen LogP) is 4.30. The van der Waals surface area contributed by atoms with Gasteiger partial charge in [0, 0.05) is 29.0 Å². The molecule has 5 rings (SSSR count). The molecule has 1 aliphatic rings. The second-order valence-corrected chi connectivity index (χ2v) is 8.64. The standard InChI is InChI=1S/C26H26N6O3/c1-15(2)35-22-11-6-5-10-19(22)20-13-23(33)29-25-24(20)16(3)31-32(25)26-28-21(14-27-30-26)17-8-7-9-18(12-17)34-4/h5-12,14-15,20H,13H2,1-4H3,(H,29,33)/t20-/m1/s1. The zero-order chi connectivity index (χ0) is 24.5. The average Bonchev–Trinajstić information content (AvgIpc) is 3.19. The van der Waals surface area contributed by atoms with Crippen molar-refractivity contribution in [2.75, 3.05) is 12.4 Å². The Balaban J connectivity index is 1.60. The summed E-state index contributed by atoms with van der Waals surface area (Å²) in [7, 11) is 1.62. The summed E-state index contributed by atoms with van der Waals surface area (Å²) in [6.07, 6.45) is 1.89. The first-order valence-electron chi connectivity index (χ1n) is 11.4. The highest BCUT2D eigenvalue weighted by Crippen LogP contribution is 2.43. The maximum absolute atomic E-state index is 12.8. The Morgan fingerprint density at radius 3 is 2.77 bits per heavy atom. The molecule has 2 aromatic heterocycles. The molecular formula is C26H26N6O3. The van der Waals surface area contributed by atoms with Crippen LogP contribution >= 0.6 is 0 Å². The van der Waals surface area contributed by atoms with E-state index in [1.165, 1.54) is 0 Å². The van der Waals surface area contributed by atoms with Gasteiger partial charge in [-0.25, -0.2) is 4.98 Å². The highest BCUT2D eigenvalue weighted by atomic mass is 16.5. The maximum Gasteiger partial charge on any atom is 0.272 e. The summed E-state index contributed by atoms with van der Waals surface area (Å²) in [6, 6.07) is 15.4. The number of rotatable bonds is 6. The van der Waals surface area contributed by atoms with Crippen molar-refractivity contribution < 1.29 is 14.3 Å². The molecule has 0 unspecified atom stereocenters. The number of benzene rings is 2. The van der Waals surface area contributed by atoms with Gasteiger partial charge in [0.05, 0.1) is 30.8 Å². The Kier molecular flexibility index (Phi) is 5.90. The number of carbonyl (C=O) groups excluding carboxylic acids is 1. The van der Waals surface area contributed by atoms with Gasteiger partial charge in [-0.15, -0.1) is 5.10 Å². The second-order valence-electron chi connectivity index (χ2n) is 8.64. The van der Waals surface area contributed by atoms with Crippen molar-refractivity contribution in [2.45, 2.75) is 39.2 Å². The predicted molar refractivity (Wildman–Crippen MR) is 131 cm³/mol. The van der Waals surface area contributed by atoms with Crippen molar-refractivity contribution in [1.82, 2.24) is 25.0 Å². The van der Waals surface area contributed by atoms with Gasteiger partial charge in [0.1, 0.15) is 17.3 Å². The van der Waals surface area contributed by atoms with Crippen molar-refractivity contribution in [2.24, 2.45) is 0 Å². The topological polar surface area (TPSA) is 104 Å². The fraction of sp³-hybridized carbons (Fsp3) is 0.269. The number of methoxy groups -OCH3 is 1. The molecule has 0 aliphatic carbocycles. The summed E-state index contributed by atoms with van der Waals surface area (Å²) in [5.74, 6) is 1.97. The minimum atomic E-state index is -0.211. The quantitative estimate of drug-likeness (QED) is 0.448. The minimum Gasteiger partial charge on any atom is -0.497 e. The molecule has 1 amide bonds. The molecule has 2 aromatic carbocycles. The molecule has 0 bridgehead atoms. The summed E-state index contributed by atoms with van der Waals surface area (Å²) < 4.78 is 12.9. The molecule has 35 heavy (non-hydrogen) atoms. The average molecular weight is 471 g/mol. The molecule has 1 N–H and O–H groups in total. The molecule has 0 fully saturated rings. The number of aryl methyl sites for hydroxylation is 1. The van der Waals surface area contributed by atoms with Crippen LogP contribution < -0.4 is 14.8 Å². The Morgan fingerprint density at radius 2 is 1.97 bits per heavy atom. The first kappa shape index (κ1) is 22.5. The van der Waals surface area contributed by atoms with Gasteiger partial charge in [0.15, 0.2) is 0 Å². The first-order chi connectivity index (χ1) is 16.9. The highest BCUT2D eigenvalue weighted by molar-refractivity contribution is 5.95. The molecule has 3 heterocycles. The van der Waals surface area contributed by atoms with Gasteiger partial charge in [0.2, 0.25) is 5.91 Å². The number of aromatic nitrogens is 5. The van der Waals surface area contributed by atoms with Gasteiger partial charge in [-0.05, 0) is 39.0 Å². The molecule has 9 nitrogen and oxygen atoms in total. The van der Waals surface area contributed by atoms with Gasteiger partial charge >= 0.3 is 0 Å². The maximum atomic E-state index is 12.8. The van der Waals surface area contributed by atoms with E-state index in [-0.39, 0.29) is 23.9 Å². The molecule has 0 spiro atoms. The Morgan fingerprint density at radius 1 is 1.14 bits per heavy atom. The molecule has 9 heteroatoms. The summed E-state index contributed by atoms with van der Waals surface area (Å²) in [5.41, 5.74) is 4.09. The first-order valence-corrected chi connectivity index (χ1v) is 11.4. The smallest absolute Gasteiger partial charge is 0.272 e. The number of anilines is 1. The van der Waals surface area contributed by atoms with Gasteiger partial charge in [-0.3, -0.25) is 4.79 Å². The van der Waals surface area contributed by atoms with Gasteiger partial charge < -0.3 is 14.8 Å². The van der Waals surface area contributed by atoms with Crippen LogP contribution in [0.25, 0.3) is 17.2 Å². The number of hydrogen-bond donors (Lipinski definition) is 1. The van der Waals surface area contributed by atoms with E-state index in [1.807, 2.05) is 69.3 Å². The third kappa shape index (κ3) is 4.32. The normalized spacial score (nSPS) is 15.0. The molecule has 0 saturated heterocycles. The van der Waals surface area contributed by atoms with Gasteiger partial charge in [-0.1, -0.05) is 30.3 Å². The molecule has 178 valence electrons. The number of nitrogens with zero attached hydrogens (tertiary/aromatic N) is 5. The lowest BCUT2D eigenvalue weighted by atomic mass is 9.85. The number of para-hydroxylation sites is 1. The van der Waals surface area contributed by atoms with Crippen LogP contribution in [0, 0.1) is 6.92 Å². The monoisotopic (exact) mass is 470 g/mol.